The molecule has 0 N–H and O–H groups in total. The summed E-state index contributed by atoms with van der Waals surface area (Å²) in [6, 6.07) is 136. The van der Waals surface area contributed by atoms with E-state index in [1.54, 1.807) is 0 Å². The van der Waals surface area contributed by atoms with Crippen LogP contribution in [0.4, 0.5) is 68.2 Å². The molecule has 12 heteroatoms. The summed E-state index contributed by atoms with van der Waals surface area (Å²) in [6.45, 7) is 0.147. The number of aromatic nitrogens is 1. The molecule has 19 aromatic rings. The van der Waals surface area contributed by atoms with Gasteiger partial charge in [0.05, 0.1) is 45.2 Å². The average molecular weight is 1390 g/mol. The molecule has 0 fully saturated rings. The minimum absolute atomic E-state index is 0.0309. The Labute approximate surface area is 629 Å². The van der Waals surface area contributed by atoms with Gasteiger partial charge in [0.1, 0.15) is 11.2 Å². The Balaban J connectivity index is 0.0000000983. The van der Waals surface area contributed by atoms with Gasteiger partial charge >= 0.3 is 20.9 Å². The molecule has 502 valence electrons. The van der Waals surface area contributed by atoms with Crippen molar-refractivity contribution in [2.24, 2.45) is 0 Å². The van der Waals surface area contributed by atoms with Crippen LogP contribution in [0.3, 0.4) is 0 Å². The van der Waals surface area contributed by atoms with Crippen molar-refractivity contribution >= 4 is 181 Å². The summed E-state index contributed by atoms with van der Waals surface area (Å²) < 4.78 is 11.4. The number of nitrogens with zero attached hydrogens (tertiary/aromatic N) is 7. The molecule has 0 radical (unpaired) electrons. The van der Waals surface area contributed by atoms with Crippen molar-refractivity contribution in [3.8, 4) is 39.1 Å². The van der Waals surface area contributed by atoms with Gasteiger partial charge < -0.3 is 37.8 Å². The third kappa shape index (κ3) is 8.95. The molecule has 9 heterocycles. The molecule has 0 unspecified atom stereocenters. The van der Waals surface area contributed by atoms with Crippen LogP contribution in [0.25, 0.3) is 103 Å². The first-order valence-corrected chi connectivity index (χ1v) is 38.0. The normalized spacial score (nSPS) is 13.6. The fourth-order valence-electron chi connectivity index (χ4n) is 18.5. The second-order valence-electron chi connectivity index (χ2n) is 28.6. The molecule has 0 atom stereocenters. The Morgan fingerprint density at radius 3 is 1.06 bits per heavy atom. The molecule has 6 aliphatic heterocycles. The van der Waals surface area contributed by atoms with E-state index >= 15 is 0 Å². The molecule has 0 amide bonds. The lowest BCUT2D eigenvalue weighted by molar-refractivity contribution is 0.669. The molecule has 25 rings (SSSR count). The van der Waals surface area contributed by atoms with Crippen LogP contribution in [0.15, 0.2) is 381 Å². The first-order valence-electron chi connectivity index (χ1n) is 37.1. The zero-order valence-electron chi connectivity index (χ0n) is 58.5. The third-order valence-corrected chi connectivity index (χ3v) is 24.1. The number of anilines is 12. The standard InChI is InChI=1S/C36H24BN3.C30H19BN2O.C30H19BN2S/c1-3-13-25(14-4-1)38-32-20-10-8-18-28(32)30-24-36-29(23-35(30)38)27-17-7-9-19-31(27)37-39(26-15-5-2-6-16-26)33-21-11-12-22-34(33)40(36)37;2*1-2-10-20(11-3-1)32-26-15-7-8-16-27(26)33-28-18-24-22-13-5-9-17-29(22)34-30(24)19-23(28)21-12-4-6-14-25(21)31(32)33/h1-24H;2*1-19H. The van der Waals surface area contributed by atoms with Crippen LogP contribution in [0.1, 0.15) is 0 Å². The maximum absolute atomic E-state index is 6.28. The van der Waals surface area contributed by atoms with Crippen LogP contribution in [-0.2, 0) is 0 Å². The van der Waals surface area contributed by atoms with Crippen molar-refractivity contribution in [3.05, 3.63) is 376 Å². The first-order chi connectivity index (χ1) is 53.6. The Morgan fingerprint density at radius 1 is 0.204 bits per heavy atom. The fourth-order valence-corrected chi connectivity index (χ4v) is 19.6. The predicted octanol–water partition coefficient (Wildman–Crippen LogP) is 23.4. The van der Waals surface area contributed by atoms with E-state index in [2.05, 4.69) is 397 Å². The average Bonchev–Trinajstić information content (AvgIpc) is 1.53. The quantitative estimate of drug-likeness (QED) is 0.163. The number of hydrogen-bond acceptors (Lipinski definition) is 8. The minimum Gasteiger partial charge on any atom is -0.456 e. The highest BCUT2D eigenvalue weighted by Gasteiger charge is 2.51. The lowest BCUT2D eigenvalue weighted by Gasteiger charge is -2.36. The summed E-state index contributed by atoms with van der Waals surface area (Å²) in [7, 11) is 0. The van der Waals surface area contributed by atoms with E-state index < -0.39 is 0 Å². The fraction of sp³-hybridized carbons (Fsp3) is 0. The Morgan fingerprint density at radius 2 is 0.565 bits per heavy atom. The molecule has 3 aromatic heterocycles. The van der Waals surface area contributed by atoms with Gasteiger partial charge in [-0.2, -0.15) is 0 Å². The molecular formula is C96H62B3N7OS. The van der Waals surface area contributed by atoms with E-state index in [4.69, 9.17) is 4.42 Å². The van der Waals surface area contributed by atoms with Gasteiger partial charge in [-0.25, -0.2) is 0 Å². The second kappa shape index (κ2) is 23.9. The van der Waals surface area contributed by atoms with Crippen LogP contribution in [-0.4, -0.2) is 25.5 Å². The smallest absolute Gasteiger partial charge is 0.421 e. The zero-order valence-corrected chi connectivity index (χ0v) is 59.3. The predicted molar refractivity (Wildman–Crippen MR) is 458 cm³/mol. The molecule has 0 bridgehead atoms. The van der Waals surface area contributed by atoms with Gasteiger partial charge in [-0.3, -0.25) is 0 Å². The molecule has 8 nitrogen and oxygen atoms in total. The largest absolute Gasteiger partial charge is 0.456 e. The van der Waals surface area contributed by atoms with Crippen molar-refractivity contribution in [3.63, 3.8) is 0 Å². The van der Waals surface area contributed by atoms with Crippen molar-refractivity contribution < 1.29 is 4.42 Å². The van der Waals surface area contributed by atoms with E-state index in [0.29, 0.717) is 0 Å². The van der Waals surface area contributed by atoms with Crippen LogP contribution in [0.5, 0.6) is 0 Å². The lowest BCUT2D eigenvalue weighted by Crippen LogP contribution is -2.55. The van der Waals surface area contributed by atoms with Gasteiger partial charge in [0.2, 0.25) is 0 Å². The topological polar surface area (TPSA) is 37.5 Å². The van der Waals surface area contributed by atoms with Crippen LogP contribution in [0.2, 0.25) is 0 Å². The van der Waals surface area contributed by atoms with Crippen LogP contribution in [0, 0.1) is 0 Å². The molecule has 0 saturated carbocycles. The van der Waals surface area contributed by atoms with Gasteiger partial charge in [0.25, 0.3) is 0 Å². The molecular weight excluding hydrogens is 1330 g/mol. The summed E-state index contributed by atoms with van der Waals surface area (Å²) in [5, 5.41) is 7.53. The highest BCUT2D eigenvalue weighted by molar-refractivity contribution is 7.25. The highest BCUT2D eigenvalue weighted by atomic mass is 32.1. The number of benzene rings is 16. The molecule has 108 heavy (non-hydrogen) atoms. The number of fused-ring (bicyclic) bond motifs is 33. The minimum atomic E-state index is 0.0309. The zero-order chi connectivity index (χ0) is 70.7. The molecule has 0 spiro atoms. The first kappa shape index (κ1) is 60.7. The third-order valence-electron chi connectivity index (χ3n) is 22.9. The lowest BCUT2D eigenvalue weighted by atomic mass is 9.59. The number of rotatable bonds is 4. The van der Waals surface area contributed by atoms with Gasteiger partial charge in [0, 0.05) is 98.2 Å². The molecule has 16 aromatic carbocycles. The Kier molecular flexibility index (Phi) is 13.5. The van der Waals surface area contributed by atoms with Crippen molar-refractivity contribution in [2.75, 3.05) is 28.9 Å². The number of hydrogen-bond donors (Lipinski definition) is 0. The van der Waals surface area contributed by atoms with Gasteiger partial charge in [0.15, 0.2) is 0 Å². The van der Waals surface area contributed by atoms with Gasteiger partial charge in [-0.1, -0.05) is 237 Å². The van der Waals surface area contributed by atoms with Crippen molar-refractivity contribution in [2.45, 2.75) is 0 Å². The molecule has 0 saturated heterocycles. The van der Waals surface area contributed by atoms with Crippen molar-refractivity contribution in [1.82, 2.24) is 4.57 Å². The van der Waals surface area contributed by atoms with Crippen molar-refractivity contribution in [1.29, 1.82) is 0 Å². The van der Waals surface area contributed by atoms with Crippen LogP contribution >= 0.6 is 11.3 Å². The molecule has 0 aliphatic carbocycles. The monoisotopic (exact) mass is 1390 g/mol. The summed E-state index contributed by atoms with van der Waals surface area (Å²) in [5.74, 6) is 0. The maximum atomic E-state index is 6.28. The maximum Gasteiger partial charge on any atom is 0.421 e. The number of furan rings is 1. The van der Waals surface area contributed by atoms with Gasteiger partial charge in [-0.05, 0) is 173 Å². The van der Waals surface area contributed by atoms with Crippen LogP contribution < -0.4 is 45.3 Å². The molecule has 6 aliphatic rings. The van der Waals surface area contributed by atoms with E-state index in [1.165, 1.54) is 166 Å². The van der Waals surface area contributed by atoms with Gasteiger partial charge in [-0.15, -0.1) is 11.3 Å². The second-order valence-corrected chi connectivity index (χ2v) is 29.7. The number of para-hydroxylation sites is 12. The highest BCUT2D eigenvalue weighted by Crippen LogP contribution is 2.57. The Bertz CT molecular complexity index is 6610. The van der Waals surface area contributed by atoms with E-state index in [1.807, 2.05) is 23.5 Å². The Hall–Kier alpha value is -13.7. The number of thiophene rings is 1. The van der Waals surface area contributed by atoms with E-state index in [-0.39, 0.29) is 20.9 Å². The summed E-state index contributed by atoms with van der Waals surface area (Å²) in [5.41, 5.74) is 31.9. The summed E-state index contributed by atoms with van der Waals surface area (Å²) >= 11 is 1.89. The SMILES string of the molecule is c1ccc(N2B3c4ccccc4-c4cc5c(cc4N3c3ccccc32)c2ccccc2n5-c2ccccc2)cc1.c1ccc(N2B3c4ccccc4-c4cc5oc6ccccc6c5cc4N3c3ccccc32)cc1.c1ccc(N2B3c4ccccc4-c4cc5sc6ccccc6c5cc4N3c3ccccc32)cc1. The summed E-state index contributed by atoms with van der Waals surface area (Å²) in [4.78, 5) is 15.1. The summed E-state index contributed by atoms with van der Waals surface area (Å²) in [6.07, 6.45) is 0. The van der Waals surface area contributed by atoms with E-state index in [9.17, 15) is 0 Å². The van der Waals surface area contributed by atoms with E-state index in [0.717, 1.165) is 21.9 Å².